The Labute approximate surface area is 116 Å². The molecule has 98 valence electrons. The predicted molar refractivity (Wildman–Crippen MR) is 75.3 cm³/mol. The molecular formula is C16H12FN3. The topological polar surface area (TPSA) is 50.9 Å². The molecule has 1 N–H and O–H groups in total. The van der Waals surface area contributed by atoms with E-state index in [0.29, 0.717) is 23.4 Å². The number of anilines is 1. The van der Waals surface area contributed by atoms with E-state index in [-0.39, 0.29) is 11.7 Å². The van der Waals surface area contributed by atoms with Crippen LogP contribution in [0, 0.1) is 29.5 Å². The molecule has 0 bridgehead atoms. The summed E-state index contributed by atoms with van der Waals surface area (Å²) in [6.45, 7) is 2.36. The van der Waals surface area contributed by atoms with Gasteiger partial charge in [0, 0.05) is 5.56 Å². The van der Waals surface area contributed by atoms with Crippen molar-refractivity contribution < 1.29 is 4.39 Å². The Kier molecular flexibility index (Phi) is 2.76. The van der Waals surface area contributed by atoms with Gasteiger partial charge in [0.1, 0.15) is 17.7 Å². The molecule has 0 spiro atoms. The maximum absolute atomic E-state index is 13.3. The molecule has 0 atom stereocenters. The van der Waals surface area contributed by atoms with Crippen LogP contribution in [0.5, 0.6) is 0 Å². The highest BCUT2D eigenvalue weighted by molar-refractivity contribution is 6.12. The van der Waals surface area contributed by atoms with Gasteiger partial charge in [-0.1, -0.05) is 18.2 Å². The smallest absolute Gasteiger partial charge is 0.133 e. The number of benzene rings is 2. The van der Waals surface area contributed by atoms with E-state index >= 15 is 0 Å². The Bertz CT molecular complexity index is 759. The highest BCUT2D eigenvalue weighted by Gasteiger charge is 2.27. The van der Waals surface area contributed by atoms with Gasteiger partial charge in [-0.25, -0.2) is 4.39 Å². The second kappa shape index (κ2) is 4.46. The number of nitrogens with one attached hydrogen (secondary N) is 1. The van der Waals surface area contributed by atoms with Crippen molar-refractivity contribution in [3.63, 3.8) is 0 Å². The normalized spacial score (nSPS) is 13.2. The van der Waals surface area contributed by atoms with Crippen LogP contribution < -0.4 is 4.90 Å². The highest BCUT2D eigenvalue weighted by Crippen LogP contribution is 2.31. The molecule has 3 rings (SSSR count). The van der Waals surface area contributed by atoms with Gasteiger partial charge < -0.3 is 4.90 Å². The lowest BCUT2D eigenvalue weighted by Gasteiger charge is -2.20. The number of rotatable bonds is 1. The molecule has 0 fully saturated rings. The summed E-state index contributed by atoms with van der Waals surface area (Å²) in [5, 5.41) is 17.5. The Hall–Kier alpha value is -2.67. The summed E-state index contributed by atoms with van der Waals surface area (Å²) >= 11 is 0. The minimum absolute atomic E-state index is 0.238. The first kappa shape index (κ1) is 12.4. The van der Waals surface area contributed by atoms with E-state index in [0.717, 1.165) is 11.1 Å². The van der Waals surface area contributed by atoms with Crippen molar-refractivity contribution in [2.24, 2.45) is 0 Å². The average Bonchev–Trinajstić information content (AvgIpc) is 2.75. The van der Waals surface area contributed by atoms with Crippen LogP contribution in [0.4, 0.5) is 10.1 Å². The van der Waals surface area contributed by atoms with E-state index in [1.807, 2.05) is 25.1 Å². The van der Waals surface area contributed by atoms with Crippen molar-refractivity contribution in [1.29, 1.82) is 10.7 Å². The molecule has 0 radical (unpaired) electrons. The molecule has 1 aliphatic rings. The number of nitrogens with zero attached hydrogens (tertiary/aromatic N) is 2. The van der Waals surface area contributed by atoms with Gasteiger partial charge in [-0.05, 0) is 36.2 Å². The third kappa shape index (κ3) is 1.76. The van der Waals surface area contributed by atoms with Gasteiger partial charge in [-0.3, -0.25) is 5.41 Å². The molecule has 2 aromatic rings. The van der Waals surface area contributed by atoms with Crippen LogP contribution in [0.3, 0.4) is 0 Å². The van der Waals surface area contributed by atoms with Crippen LogP contribution in [-0.4, -0.2) is 5.84 Å². The first-order chi connectivity index (χ1) is 9.61. The Morgan fingerprint density at radius 2 is 2.10 bits per heavy atom. The molecule has 0 saturated heterocycles. The summed E-state index contributed by atoms with van der Waals surface area (Å²) < 4.78 is 13.3. The molecule has 0 amide bonds. The fraction of sp³-hybridized carbons (Fsp3) is 0.125. The van der Waals surface area contributed by atoms with E-state index in [1.54, 1.807) is 11.0 Å². The number of halogens is 1. The quantitative estimate of drug-likeness (QED) is 0.859. The zero-order valence-corrected chi connectivity index (χ0v) is 10.9. The van der Waals surface area contributed by atoms with Gasteiger partial charge in [0.2, 0.25) is 0 Å². The lowest BCUT2D eigenvalue weighted by Crippen LogP contribution is -2.24. The largest absolute Gasteiger partial charge is 0.321 e. The molecule has 3 nitrogen and oxygen atoms in total. The molecule has 20 heavy (non-hydrogen) atoms. The van der Waals surface area contributed by atoms with Crippen molar-refractivity contribution in [2.75, 3.05) is 4.90 Å². The number of hydrogen-bond donors (Lipinski definition) is 1. The molecular weight excluding hydrogens is 253 g/mol. The van der Waals surface area contributed by atoms with E-state index in [9.17, 15) is 9.65 Å². The fourth-order valence-corrected chi connectivity index (χ4v) is 2.53. The maximum atomic E-state index is 13.3. The lowest BCUT2D eigenvalue weighted by molar-refractivity contribution is 0.627. The van der Waals surface area contributed by atoms with Crippen LogP contribution in [0.15, 0.2) is 36.4 Å². The van der Waals surface area contributed by atoms with E-state index in [2.05, 4.69) is 6.07 Å². The molecule has 0 saturated carbocycles. The second-order valence-corrected chi connectivity index (χ2v) is 4.82. The molecule has 0 aliphatic carbocycles. The van der Waals surface area contributed by atoms with Gasteiger partial charge in [0.15, 0.2) is 0 Å². The standard InChI is InChI=1S/C16H12FN3/c1-10-3-2-4-15(14(10)8-18)20-9-11-5-6-12(17)7-13(11)16(20)19/h2-7,19H,9H2,1H3. The van der Waals surface area contributed by atoms with Crippen molar-refractivity contribution in [3.8, 4) is 6.07 Å². The lowest BCUT2D eigenvalue weighted by atomic mass is 10.1. The van der Waals surface area contributed by atoms with E-state index < -0.39 is 0 Å². The monoisotopic (exact) mass is 265 g/mol. The molecule has 0 aromatic heterocycles. The summed E-state index contributed by atoms with van der Waals surface area (Å²) in [5.74, 6) is -0.110. The first-order valence-corrected chi connectivity index (χ1v) is 6.26. The zero-order valence-electron chi connectivity index (χ0n) is 10.9. The minimum atomic E-state index is -0.347. The number of aryl methyl sites for hydroxylation is 1. The second-order valence-electron chi connectivity index (χ2n) is 4.82. The van der Waals surface area contributed by atoms with Crippen LogP contribution in [-0.2, 0) is 6.54 Å². The maximum Gasteiger partial charge on any atom is 0.133 e. The van der Waals surface area contributed by atoms with Crippen LogP contribution >= 0.6 is 0 Å². The van der Waals surface area contributed by atoms with Gasteiger partial charge in [0.05, 0.1) is 17.8 Å². The molecule has 1 heterocycles. The Morgan fingerprint density at radius 1 is 1.30 bits per heavy atom. The Morgan fingerprint density at radius 3 is 2.85 bits per heavy atom. The Balaban J connectivity index is 2.10. The number of fused-ring (bicyclic) bond motifs is 1. The minimum Gasteiger partial charge on any atom is -0.321 e. The van der Waals surface area contributed by atoms with Crippen LogP contribution in [0.2, 0.25) is 0 Å². The number of amidine groups is 1. The van der Waals surface area contributed by atoms with Crippen molar-refractivity contribution in [1.82, 2.24) is 0 Å². The average molecular weight is 265 g/mol. The number of hydrogen-bond acceptors (Lipinski definition) is 2. The van der Waals surface area contributed by atoms with Crippen LogP contribution in [0.25, 0.3) is 0 Å². The van der Waals surface area contributed by atoms with Crippen LogP contribution in [0.1, 0.15) is 22.3 Å². The summed E-state index contributed by atoms with van der Waals surface area (Å²) in [4.78, 5) is 1.75. The predicted octanol–water partition coefficient (Wildman–Crippen LogP) is 3.35. The van der Waals surface area contributed by atoms with Gasteiger partial charge in [-0.2, -0.15) is 5.26 Å². The zero-order chi connectivity index (χ0) is 14.3. The van der Waals surface area contributed by atoms with E-state index in [1.165, 1.54) is 12.1 Å². The third-order valence-corrected chi connectivity index (χ3v) is 3.58. The molecule has 2 aromatic carbocycles. The molecule has 0 unspecified atom stereocenters. The summed E-state index contributed by atoms with van der Waals surface area (Å²) in [6, 6.07) is 12.2. The molecule has 1 aliphatic heterocycles. The van der Waals surface area contributed by atoms with Gasteiger partial charge in [-0.15, -0.1) is 0 Å². The third-order valence-electron chi connectivity index (χ3n) is 3.58. The number of nitriles is 1. The summed E-state index contributed by atoms with van der Waals surface area (Å²) in [5.41, 5.74) is 3.64. The first-order valence-electron chi connectivity index (χ1n) is 6.26. The summed E-state index contributed by atoms with van der Waals surface area (Å²) in [6.07, 6.45) is 0. The van der Waals surface area contributed by atoms with Crippen molar-refractivity contribution in [2.45, 2.75) is 13.5 Å². The van der Waals surface area contributed by atoms with Gasteiger partial charge in [0.25, 0.3) is 0 Å². The van der Waals surface area contributed by atoms with E-state index in [4.69, 9.17) is 5.41 Å². The highest BCUT2D eigenvalue weighted by atomic mass is 19.1. The SMILES string of the molecule is Cc1cccc(N2Cc3ccc(F)cc3C2=N)c1C#N. The molecule has 4 heteroatoms. The summed E-state index contributed by atoms with van der Waals surface area (Å²) in [7, 11) is 0. The fourth-order valence-electron chi connectivity index (χ4n) is 2.53. The van der Waals surface area contributed by atoms with Crippen molar-refractivity contribution >= 4 is 11.5 Å². The van der Waals surface area contributed by atoms with Crippen molar-refractivity contribution in [3.05, 3.63) is 64.5 Å². The van der Waals surface area contributed by atoms with Gasteiger partial charge >= 0.3 is 0 Å².